The van der Waals surface area contributed by atoms with Crippen molar-refractivity contribution in [3.8, 4) is 6.07 Å². The molecule has 1 unspecified atom stereocenters. The normalized spacial score (nSPS) is 17.7. The average molecular weight is 386 g/mol. The highest BCUT2D eigenvalue weighted by molar-refractivity contribution is 7.80. The van der Waals surface area contributed by atoms with E-state index in [0.717, 1.165) is 18.5 Å². The first-order valence-corrected chi connectivity index (χ1v) is 9.59. The third-order valence-electron chi connectivity index (χ3n) is 4.89. The minimum atomic E-state index is -0.270. The zero-order valence-electron chi connectivity index (χ0n) is 15.0. The number of fused-ring (bicyclic) bond motifs is 1. The average Bonchev–Trinajstić information content (AvgIpc) is 2.91. The lowest BCUT2D eigenvalue weighted by atomic mass is 9.88. The van der Waals surface area contributed by atoms with E-state index in [9.17, 15) is 10.1 Å². The van der Waals surface area contributed by atoms with E-state index in [0.29, 0.717) is 16.1 Å². The maximum Gasteiger partial charge on any atom is 0.257 e. The van der Waals surface area contributed by atoms with Gasteiger partial charge in [0.2, 0.25) is 0 Å². The van der Waals surface area contributed by atoms with Gasteiger partial charge in [0.05, 0.1) is 23.0 Å². The van der Waals surface area contributed by atoms with Crippen LogP contribution in [0.4, 0.5) is 5.00 Å². The molecule has 1 aliphatic rings. The first-order valence-electron chi connectivity index (χ1n) is 8.37. The topological polar surface area (TPSA) is 69.4 Å². The Kier molecular flexibility index (Phi) is 5.10. The van der Waals surface area contributed by atoms with Crippen LogP contribution in [0.5, 0.6) is 0 Å². The smallest absolute Gasteiger partial charge is 0.257 e. The molecule has 2 aromatic rings. The summed E-state index contributed by atoms with van der Waals surface area (Å²) in [4.78, 5) is 14.8. The lowest BCUT2D eigenvalue weighted by molar-refractivity contribution is -0.945. The Morgan fingerprint density at radius 1 is 1.35 bits per heavy atom. The molecule has 3 N–H and O–H groups in total. The van der Waals surface area contributed by atoms with Gasteiger partial charge in [-0.25, -0.2) is 0 Å². The molecule has 2 heterocycles. The van der Waals surface area contributed by atoms with Gasteiger partial charge in [-0.05, 0) is 43.8 Å². The fourth-order valence-corrected chi connectivity index (χ4v) is 4.54. The second kappa shape index (κ2) is 7.16. The predicted octanol–water partition coefficient (Wildman–Crippen LogP) is 2.10. The number of carbonyl (C=O) groups excluding carboxylic acids is 1. The summed E-state index contributed by atoms with van der Waals surface area (Å²) in [7, 11) is 2.17. The number of hydrogen-bond donors (Lipinski definition) is 3. The maximum atomic E-state index is 12.2. The van der Waals surface area contributed by atoms with Crippen LogP contribution in [0.2, 0.25) is 0 Å². The van der Waals surface area contributed by atoms with E-state index in [4.69, 9.17) is 12.2 Å². The Labute approximate surface area is 162 Å². The molecule has 134 valence electrons. The van der Waals surface area contributed by atoms with Crippen molar-refractivity contribution < 1.29 is 9.69 Å². The molecule has 26 heavy (non-hydrogen) atoms. The van der Waals surface area contributed by atoms with Gasteiger partial charge < -0.3 is 10.2 Å². The van der Waals surface area contributed by atoms with E-state index in [-0.39, 0.29) is 16.6 Å². The largest absolute Gasteiger partial charge is 0.328 e. The van der Waals surface area contributed by atoms with Gasteiger partial charge in [-0.3, -0.25) is 10.1 Å². The van der Waals surface area contributed by atoms with Gasteiger partial charge in [-0.1, -0.05) is 18.2 Å². The number of likely N-dealkylation sites (N-methyl/N-ethyl adjacent to an activating group) is 1. The van der Waals surface area contributed by atoms with Gasteiger partial charge in [0.25, 0.3) is 5.91 Å². The van der Waals surface area contributed by atoms with Crippen molar-refractivity contribution in [1.82, 2.24) is 5.32 Å². The van der Waals surface area contributed by atoms with E-state index >= 15 is 0 Å². The molecule has 1 aromatic carbocycles. The van der Waals surface area contributed by atoms with Gasteiger partial charge >= 0.3 is 0 Å². The summed E-state index contributed by atoms with van der Waals surface area (Å²) in [5.41, 5.74) is 2.36. The number of carbonyl (C=O) groups is 1. The standard InChI is InChI=1S/C19H20N4OS2/c1-19(2)9-13-14(10-20)17(26-15(13)11-23(19)3)22-18(25)21-16(24)12-7-5-4-6-8-12/h4-8H,9,11H2,1-3H3,(H2,21,22,24,25)/p+1. The monoisotopic (exact) mass is 385 g/mol. The number of nitrogens with one attached hydrogen (secondary N) is 3. The van der Waals surface area contributed by atoms with E-state index in [2.05, 4.69) is 37.6 Å². The van der Waals surface area contributed by atoms with Crippen LogP contribution in [0.15, 0.2) is 30.3 Å². The van der Waals surface area contributed by atoms with Gasteiger partial charge in [0, 0.05) is 12.0 Å². The summed E-state index contributed by atoms with van der Waals surface area (Å²) in [5.74, 6) is -0.270. The summed E-state index contributed by atoms with van der Waals surface area (Å²) < 4.78 is 0. The van der Waals surface area contributed by atoms with Gasteiger partial charge in [-0.15, -0.1) is 11.3 Å². The van der Waals surface area contributed by atoms with Crippen LogP contribution in [0, 0.1) is 11.3 Å². The van der Waals surface area contributed by atoms with Crippen LogP contribution in [0.3, 0.4) is 0 Å². The maximum absolute atomic E-state index is 12.2. The van der Waals surface area contributed by atoms with E-state index < -0.39 is 0 Å². The zero-order chi connectivity index (χ0) is 18.9. The highest BCUT2D eigenvalue weighted by Crippen LogP contribution is 2.36. The summed E-state index contributed by atoms with van der Waals surface area (Å²) in [6.45, 7) is 5.30. The molecule has 0 fully saturated rings. The SMILES string of the molecule is C[NH+]1Cc2sc(NC(=S)NC(=O)c3ccccc3)c(C#N)c2CC1(C)C. The van der Waals surface area contributed by atoms with E-state index in [1.807, 2.05) is 6.07 Å². The zero-order valence-corrected chi connectivity index (χ0v) is 16.6. The number of nitriles is 1. The first kappa shape index (κ1) is 18.5. The van der Waals surface area contributed by atoms with Crippen LogP contribution in [0.1, 0.15) is 40.2 Å². The molecule has 0 radical (unpaired) electrons. The number of quaternary nitrogens is 1. The van der Waals surface area contributed by atoms with Crippen molar-refractivity contribution >= 4 is 39.6 Å². The molecule has 1 amide bonds. The van der Waals surface area contributed by atoms with Crippen LogP contribution in [-0.2, 0) is 13.0 Å². The van der Waals surface area contributed by atoms with Crippen molar-refractivity contribution in [2.24, 2.45) is 0 Å². The van der Waals surface area contributed by atoms with Crippen LogP contribution >= 0.6 is 23.6 Å². The first-order chi connectivity index (χ1) is 12.3. The number of rotatable bonds is 2. The lowest BCUT2D eigenvalue weighted by Gasteiger charge is -2.36. The number of nitrogens with zero attached hydrogens (tertiary/aromatic N) is 1. The highest BCUT2D eigenvalue weighted by atomic mass is 32.1. The van der Waals surface area contributed by atoms with Crippen molar-refractivity contribution in [1.29, 1.82) is 5.26 Å². The number of thiophene rings is 1. The highest BCUT2D eigenvalue weighted by Gasteiger charge is 2.37. The molecule has 0 bridgehead atoms. The Bertz CT molecular complexity index is 896. The summed E-state index contributed by atoms with van der Waals surface area (Å²) in [6.07, 6.45) is 0.846. The Hall–Kier alpha value is -2.27. The van der Waals surface area contributed by atoms with Crippen molar-refractivity contribution in [2.45, 2.75) is 32.4 Å². The minimum Gasteiger partial charge on any atom is -0.328 e. The number of benzene rings is 1. The van der Waals surface area contributed by atoms with Crippen LogP contribution < -0.4 is 15.5 Å². The summed E-state index contributed by atoms with van der Waals surface area (Å²) >= 11 is 6.83. The fourth-order valence-electron chi connectivity index (χ4n) is 3.02. The Morgan fingerprint density at radius 2 is 2.04 bits per heavy atom. The minimum absolute atomic E-state index is 0.0823. The fraction of sp³-hybridized carbons (Fsp3) is 0.316. The molecule has 1 atom stereocenters. The number of amides is 1. The lowest BCUT2D eigenvalue weighted by Crippen LogP contribution is -3.16. The second-order valence-electron chi connectivity index (χ2n) is 7.11. The third kappa shape index (κ3) is 3.63. The molecule has 0 saturated carbocycles. The molecule has 1 aliphatic heterocycles. The Morgan fingerprint density at radius 3 is 2.69 bits per heavy atom. The molecule has 7 heteroatoms. The van der Waals surface area contributed by atoms with Crippen LogP contribution in [-0.4, -0.2) is 23.6 Å². The Balaban J connectivity index is 1.78. The second-order valence-corrected chi connectivity index (χ2v) is 8.63. The quantitative estimate of drug-likeness (QED) is 0.693. The molecule has 0 aliphatic carbocycles. The molecular formula is C19H21N4OS2+. The number of thiocarbonyl (C=S) groups is 1. The van der Waals surface area contributed by atoms with Crippen molar-refractivity contribution in [3.63, 3.8) is 0 Å². The molecule has 0 spiro atoms. The van der Waals surface area contributed by atoms with Gasteiger partial charge in [-0.2, -0.15) is 5.26 Å². The third-order valence-corrected chi connectivity index (χ3v) is 6.24. The predicted molar refractivity (Wildman–Crippen MR) is 108 cm³/mol. The van der Waals surface area contributed by atoms with E-state index in [1.54, 1.807) is 35.6 Å². The summed E-state index contributed by atoms with van der Waals surface area (Å²) in [6, 6.07) is 11.2. The van der Waals surface area contributed by atoms with Crippen LogP contribution in [0.25, 0.3) is 0 Å². The van der Waals surface area contributed by atoms with Crippen molar-refractivity contribution in [3.05, 3.63) is 51.9 Å². The molecule has 3 rings (SSSR count). The molecular weight excluding hydrogens is 364 g/mol. The molecule has 0 saturated heterocycles. The number of anilines is 1. The van der Waals surface area contributed by atoms with E-state index in [1.165, 1.54) is 9.78 Å². The molecule has 5 nitrogen and oxygen atoms in total. The van der Waals surface area contributed by atoms with Gasteiger partial charge in [0.1, 0.15) is 17.6 Å². The number of hydrogen-bond acceptors (Lipinski definition) is 4. The summed E-state index contributed by atoms with van der Waals surface area (Å²) in [5, 5.41) is 16.3. The van der Waals surface area contributed by atoms with Crippen molar-refractivity contribution in [2.75, 3.05) is 12.4 Å². The van der Waals surface area contributed by atoms with Gasteiger partial charge in [0.15, 0.2) is 5.11 Å². The molecule has 1 aromatic heterocycles.